The fourth-order valence-corrected chi connectivity index (χ4v) is 2.87. The van der Waals surface area contributed by atoms with Crippen molar-refractivity contribution in [3.63, 3.8) is 0 Å². The van der Waals surface area contributed by atoms with E-state index in [1.807, 2.05) is 6.92 Å². The number of aryl methyl sites for hydroxylation is 1. The van der Waals surface area contributed by atoms with Crippen molar-refractivity contribution >= 4 is 17.4 Å². The molecule has 0 radical (unpaired) electrons. The lowest BCUT2D eigenvalue weighted by Gasteiger charge is -2.12. The summed E-state index contributed by atoms with van der Waals surface area (Å²) in [4.78, 5) is 27.3. The number of Topliss-reactive ketones (excluding diaryl/α,β-unsaturated/α-hetero) is 1. The van der Waals surface area contributed by atoms with Gasteiger partial charge in [-0.3, -0.25) is 9.59 Å². The summed E-state index contributed by atoms with van der Waals surface area (Å²) >= 11 is 0. The molecule has 0 saturated carbocycles. The molecule has 1 aromatic carbocycles. The van der Waals surface area contributed by atoms with E-state index in [9.17, 15) is 22.8 Å². The quantitative estimate of drug-likeness (QED) is 0.721. The van der Waals surface area contributed by atoms with Crippen LogP contribution in [0.5, 0.6) is 5.75 Å². The van der Waals surface area contributed by atoms with Crippen molar-refractivity contribution in [2.75, 3.05) is 11.9 Å². The molecule has 148 valence electrons. The second-order valence-corrected chi connectivity index (χ2v) is 6.07. The van der Waals surface area contributed by atoms with E-state index in [1.165, 1.54) is 25.1 Å². The summed E-state index contributed by atoms with van der Waals surface area (Å²) in [6.45, 7) is 3.39. The molecule has 2 aromatic rings. The monoisotopic (exact) mass is 393 g/mol. The molecule has 2 rings (SSSR count). The molecule has 6 nitrogen and oxygen atoms in total. The number of carbonyl (C=O) groups is 2. The van der Waals surface area contributed by atoms with Crippen LogP contribution >= 0.6 is 0 Å². The third-order valence-electron chi connectivity index (χ3n) is 3.97. The van der Waals surface area contributed by atoms with Gasteiger partial charge in [0.2, 0.25) is 0 Å². The fraction of sp³-hybridized carbons (Fsp3) is 0.316. The zero-order chi connectivity index (χ0) is 21.1. The number of amides is 1. The smallest absolute Gasteiger partial charge is 0.422 e. The zero-order valence-corrected chi connectivity index (χ0v) is 15.5. The van der Waals surface area contributed by atoms with Gasteiger partial charge in [0.25, 0.3) is 5.91 Å². The lowest BCUT2D eigenvalue weighted by Crippen LogP contribution is -2.19. The Balaban J connectivity index is 2.27. The molecule has 28 heavy (non-hydrogen) atoms. The molecular formula is C19H18F3N3O3. The van der Waals surface area contributed by atoms with E-state index in [2.05, 4.69) is 15.0 Å². The second-order valence-electron chi connectivity index (χ2n) is 6.07. The van der Waals surface area contributed by atoms with Crippen molar-refractivity contribution in [3.8, 4) is 11.8 Å². The van der Waals surface area contributed by atoms with Crippen LogP contribution in [-0.2, 0) is 6.42 Å². The molecule has 0 unspecified atom stereocenters. The van der Waals surface area contributed by atoms with E-state index < -0.39 is 18.7 Å². The summed E-state index contributed by atoms with van der Waals surface area (Å²) in [5, 5.41) is 11.7. The van der Waals surface area contributed by atoms with Crippen LogP contribution in [0.25, 0.3) is 0 Å². The maximum Gasteiger partial charge on any atom is 0.422 e. The van der Waals surface area contributed by atoms with E-state index in [4.69, 9.17) is 5.26 Å². The predicted octanol–water partition coefficient (Wildman–Crippen LogP) is 4.15. The van der Waals surface area contributed by atoms with E-state index >= 15 is 0 Å². The zero-order valence-electron chi connectivity index (χ0n) is 15.5. The predicted molar refractivity (Wildman–Crippen MR) is 95.6 cm³/mol. The molecule has 0 aliphatic carbocycles. The van der Waals surface area contributed by atoms with Crippen molar-refractivity contribution in [1.29, 1.82) is 5.26 Å². The van der Waals surface area contributed by atoms with Gasteiger partial charge in [-0.05, 0) is 44.0 Å². The lowest BCUT2D eigenvalue weighted by molar-refractivity contribution is -0.153. The van der Waals surface area contributed by atoms with Crippen LogP contribution in [0.1, 0.15) is 51.5 Å². The highest BCUT2D eigenvalue weighted by Gasteiger charge is 2.29. The number of halogens is 3. The molecule has 1 aromatic heterocycles. The topological polar surface area (TPSA) is 95.0 Å². The third kappa shape index (κ3) is 4.71. The number of hydrogen-bond acceptors (Lipinski definition) is 4. The Bertz CT molecular complexity index is 956. The number of carbonyl (C=O) groups excluding carboxylic acids is 2. The molecule has 0 fully saturated rings. The summed E-state index contributed by atoms with van der Waals surface area (Å²) in [6.07, 6.45) is -4.08. The number of ether oxygens (including phenoxy) is 1. The number of ketones is 1. The molecule has 0 bridgehead atoms. The van der Waals surface area contributed by atoms with E-state index in [0.717, 1.165) is 0 Å². The second kappa shape index (κ2) is 8.17. The molecule has 9 heteroatoms. The summed E-state index contributed by atoms with van der Waals surface area (Å²) in [5.74, 6) is -0.926. The summed E-state index contributed by atoms with van der Waals surface area (Å²) in [6, 6.07) is 5.47. The Hall–Kier alpha value is -3.28. The summed E-state index contributed by atoms with van der Waals surface area (Å²) in [7, 11) is 0. The maximum absolute atomic E-state index is 12.6. The van der Waals surface area contributed by atoms with Crippen molar-refractivity contribution in [2.24, 2.45) is 0 Å². The molecule has 2 N–H and O–H groups in total. The number of H-pyrrole nitrogens is 1. The van der Waals surface area contributed by atoms with Gasteiger partial charge in [-0.15, -0.1) is 0 Å². The first-order valence-corrected chi connectivity index (χ1v) is 8.34. The van der Waals surface area contributed by atoms with Gasteiger partial charge in [0.05, 0.1) is 5.56 Å². The Morgan fingerprint density at radius 2 is 2.00 bits per heavy atom. The van der Waals surface area contributed by atoms with Crippen molar-refractivity contribution in [1.82, 2.24) is 4.98 Å². The SMILES string of the molecule is CCc1c(C(=O)Nc2ccc(OCC(F)(F)F)c(C#N)c2)[nH]c(C)c1C(C)=O. The summed E-state index contributed by atoms with van der Waals surface area (Å²) < 4.78 is 41.5. The first-order valence-electron chi connectivity index (χ1n) is 8.34. The number of aromatic nitrogens is 1. The average molecular weight is 393 g/mol. The van der Waals surface area contributed by atoms with Crippen molar-refractivity contribution in [2.45, 2.75) is 33.4 Å². The molecule has 0 saturated heterocycles. The molecule has 1 heterocycles. The van der Waals surface area contributed by atoms with Gasteiger partial charge in [-0.25, -0.2) is 0 Å². The van der Waals surface area contributed by atoms with E-state index in [-0.39, 0.29) is 28.5 Å². The minimum absolute atomic E-state index is 0.148. The van der Waals surface area contributed by atoms with Gasteiger partial charge in [-0.2, -0.15) is 18.4 Å². The Kier molecular flexibility index (Phi) is 6.13. The Morgan fingerprint density at radius 1 is 1.32 bits per heavy atom. The number of nitrogens with one attached hydrogen (secondary N) is 2. The number of nitrogens with zero attached hydrogens (tertiary/aromatic N) is 1. The number of hydrogen-bond donors (Lipinski definition) is 2. The molecule has 0 atom stereocenters. The third-order valence-corrected chi connectivity index (χ3v) is 3.97. The minimum atomic E-state index is -4.53. The van der Waals surface area contributed by atoms with Gasteiger partial charge >= 0.3 is 6.18 Å². The van der Waals surface area contributed by atoms with Gasteiger partial charge in [-0.1, -0.05) is 6.92 Å². The van der Waals surface area contributed by atoms with Crippen LogP contribution in [0.2, 0.25) is 0 Å². The first-order chi connectivity index (χ1) is 13.1. The van der Waals surface area contributed by atoms with E-state index in [0.29, 0.717) is 23.2 Å². The fourth-order valence-electron chi connectivity index (χ4n) is 2.87. The first kappa shape index (κ1) is 21.0. The highest BCUT2D eigenvalue weighted by atomic mass is 19.4. The number of anilines is 1. The molecule has 0 aliphatic heterocycles. The standard InChI is InChI=1S/C19H18F3N3O3/c1-4-14-16(11(3)26)10(2)24-17(14)18(27)25-13-5-6-15(12(7-13)8-23)28-9-19(20,21)22/h5-7,24H,4,9H2,1-3H3,(H,25,27). The van der Waals surface area contributed by atoms with Crippen LogP contribution in [0.3, 0.4) is 0 Å². The number of benzene rings is 1. The minimum Gasteiger partial charge on any atom is -0.483 e. The summed E-state index contributed by atoms with van der Waals surface area (Å²) in [5.41, 5.74) is 1.89. The average Bonchev–Trinajstić information content (AvgIpc) is 2.96. The molecule has 1 amide bonds. The Labute approximate surface area is 159 Å². The normalized spacial score (nSPS) is 11.0. The molecular weight excluding hydrogens is 375 g/mol. The number of aromatic amines is 1. The molecule has 0 aliphatic rings. The van der Waals surface area contributed by atoms with Crippen molar-refractivity contribution < 1.29 is 27.5 Å². The maximum atomic E-state index is 12.6. The van der Waals surface area contributed by atoms with Gasteiger partial charge in [0.1, 0.15) is 17.5 Å². The number of nitriles is 1. The van der Waals surface area contributed by atoms with Crippen LogP contribution in [0.15, 0.2) is 18.2 Å². The largest absolute Gasteiger partial charge is 0.483 e. The van der Waals surface area contributed by atoms with Crippen LogP contribution in [0, 0.1) is 18.3 Å². The van der Waals surface area contributed by atoms with Gasteiger partial charge < -0.3 is 15.0 Å². The van der Waals surface area contributed by atoms with Crippen molar-refractivity contribution in [3.05, 3.63) is 46.3 Å². The highest BCUT2D eigenvalue weighted by molar-refractivity contribution is 6.07. The highest BCUT2D eigenvalue weighted by Crippen LogP contribution is 2.26. The number of rotatable bonds is 6. The number of alkyl halides is 3. The van der Waals surface area contributed by atoms with Crippen LogP contribution < -0.4 is 10.1 Å². The van der Waals surface area contributed by atoms with Crippen LogP contribution in [-0.4, -0.2) is 29.5 Å². The lowest BCUT2D eigenvalue weighted by atomic mass is 10.0. The van der Waals surface area contributed by atoms with E-state index in [1.54, 1.807) is 13.0 Å². The van der Waals surface area contributed by atoms with Gasteiger partial charge in [0.15, 0.2) is 12.4 Å². The Morgan fingerprint density at radius 3 is 2.54 bits per heavy atom. The van der Waals surface area contributed by atoms with Gasteiger partial charge in [0, 0.05) is 16.9 Å². The van der Waals surface area contributed by atoms with Crippen LogP contribution in [0.4, 0.5) is 18.9 Å². The molecule has 0 spiro atoms.